The molecule has 0 radical (unpaired) electrons. The zero-order chi connectivity index (χ0) is 13.9. The van der Waals surface area contributed by atoms with Crippen LogP contribution in [-0.2, 0) is 9.59 Å². The van der Waals surface area contributed by atoms with Crippen molar-refractivity contribution in [3.8, 4) is 6.07 Å². The van der Waals surface area contributed by atoms with Crippen molar-refractivity contribution in [2.75, 3.05) is 11.9 Å². The lowest BCUT2D eigenvalue weighted by Gasteiger charge is -2.26. The van der Waals surface area contributed by atoms with Gasteiger partial charge in [0, 0.05) is 12.7 Å². The van der Waals surface area contributed by atoms with Crippen molar-refractivity contribution in [2.24, 2.45) is 5.41 Å². The smallest absolute Gasteiger partial charge is 0.318 e. The Morgan fingerprint density at radius 1 is 1.39 bits per heavy atom. The zero-order valence-electron chi connectivity index (χ0n) is 10.5. The Hall–Kier alpha value is -2.35. The van der Waals surface area contributed by atoms with Crippen molar-refractivity contribution in [1.82, 2.24) is 0 Å². The fraction of sp³-hybridized carbons (Fsp3) is 0.308. The number of benzene rings is 1. The summed E-state index contributed by atoms with van der Waals surface area (Å²) in [5.41, 5.74) is -0.592. The minimum absolute atomic E-state index is 0.417. The Balaban J connectivity index is 3.08. The average Bonchev–Trinajstić information content (AvgIpc) is 2.36. The molecule has 0 aliphatic carbocycles. The second-order valence-corrected chi connectivity index (χ2v) is 4.46. The molecule has 5 heteroatoms. The number of carbonyl (C=O) groups is 2. The molecule has 0 aromatic heterocycles. The zero-order valence-corrected chi connectivity index (χ0v) is 10.5. The van der Waals surface area contributed by atoms with Crippen molar-refractivity contribution in [3.05, 3.63) is 29.8 Å². The first-order valence-corrected chi connectivity index (χ1v) is 5.32. The van der Waals surface area contributed by atoms with Crippen molar-refractivity contribution in [1.29, 1.82) is 5.26 Å². The molecule has 0 fully saturated rings. The van der Waals surface area contributed by atoms with Gasteiger partial charge in [-0.25, -0.2) is 0 Å². The van der Waals surface area contributed by atoms with E-state index in [2.05, 4.69) is 0 Å². The highest BCUT2D eigenvalue weighted by Gasteiger charge is 2.38. The third kappa shape index (κ3) is 2.48. The van der Waals surface area contributed by atoms with Crippen LogP contribution in [0.2, 0.25) is 0 Å². The van der Waals surface area contributed by atoms with E-state index in [1.165, 1.54) is 31.9 Å². The van der Waals surface area contributed by atoms with Crippen LogP contribution < -0.4 is 4.90 Å². The summed E-state index contributed by atoms with van der Waals surface area (Å²) in [7, 11) is 1.49. The standard InChI is InChI=1S/C13H14N2O3/c1-13(2,12(17)18)11(16)15(3)10-6-4-5-9(7-10)8-14/h4-7H,1-3H3,(H,17,18). The van der Waals surface area contributed by atoms with Crippen LogP contribution >= 0.6 is 0 Å². The number of carboxylic acid groups (broad SMARTS) is 1. The number of amides is 1. The molecule has 0 atom stereocenters. The van der Waals surface area contributed by atoms with E-state index in [1.54, 1.807) is 18.2 Å². The first-order valence-electron chi connectivity index (χ1n) is 5.32. The molecular weight excluding hydrogens is 232 g/mol. The van der Waals surface area contributed by atoms with Gasteiger partial charge in [0.25, 0.3) is 0 Å². The second kappa shape index (κ2) is 4.88. The summed E-state index contributed by atoms with van der Waals surface area (Å²) in [6.07, 6.45) is 0. The van der Waals surface area contributed by atoms with E-state index in [0.29, 0.717) is 11.3 Å². The van der Waals surface area contributed by atoms with Crippen LogP contribution in [0.4, 0.5) is 5.69 Å². The summed E-state index contributed by atoms with van der Waals surface area (Å²) in [6, 6.07) is 8.41. The van der Waals surface area contributed by atoms with Crippen molar-refractivity contribution in [2.45, 2.75) is 13.8 Å². The Morgan fingerprint density at radius 3 is 2.50 bits per heavy atom. The number of rotatable bonds is 3. The van der Waals surface area contributed by atoms with Crippen LogP contribution in [0.25, 0.3) is 0 Å². The van der Waals surface area contributed by atoms with Crippen LogP contribution in [0.1, 0.15) is 19.4 Å². The summed E-state index contributed by atoms with van der Waals surface area (Å²) in [5, 5.41) is 17.8. The van der Waals surface area contributed by atoms with Crippen LogP contribution in [0.5, 0.6) is 0 Å². The van der Waals surface area contributed by atoms with E-state index >= 15 is 0 Å². The largest absolute Gasteiger partial charge is 0.480 e. The van der Waals surface area contributed by atoms with Gasteiger partial charge >= 0.3 is 5.97 Å². The number of aliphatic carboxylic acids is 1. The van der Waals surface area contributed by atoms with E-state index in [4.69, 9.17) is 10.4 Å². The normalized spacial score (nSPS) is 10.6. The summed E-state index contributed by atoms with van der Waals surface area (Å²) < 4.78 is 0. The first-order chi connectivity index (χ1) is 8.30. The van der Waals surface area contributed by atoms with E-state index in [-0.39, 0.29) is 0 Å². The highest BCUT2D eigenvalue weighted by molar-refractivity contribution is 6.08. The van der Waals surface area contributed by atoms with Crippen LogP contribution in [0.3, 0.4) is 0 Å². The molecule has 0 aliphatic heterocycles. The highest BCUT2D eigenvalue weighted by Crippen LogP contribution is 2.23. The molecular formula is C13H14N2O3. The van der Waals surface area contributed by atoms with Gasteiger partial charge in [0.15, 0.2) is 0 Å². The molecule has 5 nitrogen and oxygen atoms in total. The van der Waals surface area contributed by atoms with Gasteiger partial charge in [-0.05, 0) is 32.0 Å². The first kappa shape index (κ1) is 13.7. The van der Waals surface area contributed by atoms with E-state index in [9.17, 15) is 9.59 Å². The summed E-state index contributed by atoms with van der Waals surface area (Å²) in [5.74, 6) is -1.72. The highest BCUT2D eigenvalue weighted by atomic mass is 16.4. The molecule has 1 aromatic rings. The van der Waals surface area contributed by atoms with E-state index < -0.39 is 17.3 Å². The lowest BCUT2D eigenvalue weighted by atomic mass is 9.92. The number of carbonyl (C=O) groups excluding carboxylic acids is 1. The van der Waals surface area contributed by atoms with Crippen molar-refractivity contribution in [3.63, 3.8) is 0 Å². The SMILES string of the molecule is CN(C(=O)C(C)(C)C(=O)O)c1cccc(C#N)c1. The molecule has 0 saturated heterocycles. The number of nitrogens with zero attached hydrogens (tertiary/aromatic N) is 2. The van der Waals surface area contributed by atoms with Gasteiger partial charge in [0.05, 0.1) is 11.6 Å². The van der Waals surface area contributed by atoms with E-state index in [1.807, 2.05) is 6.07 Å². The van der Waals surface area contributed by atoms with Crippen molar-refractivity contribution >= 4 is 17.6 Å². The lowest BCUT2D eigenvalue weighted by Crippen LogP contribution is -2.43. The lowest BCUT2D eigenvalue weighted by molar-refractivity contribution is -0.152. The quantitative estimate of drug-likeness (QED) is 0.822. The molecule has 1 N–H and O–H groups in total. The Morgan fingerprint density at radius 2 is 2.00 bits per heavy atom. The maximum atomic E-state index is 12.1. The van der Waals surface area contributed by atoms with Gasteiger partial charge in [0.1, 0.15) is 5.41 Å². The minimum atomic E-state index is -1.50. The predicted octanol–water partition coefficient (Wildman–Crippen LogP) is 1.63. The Bertz CT molecular complexity index is 529. The topological polar surface area (TPSA) is 81.4 Å². The van der Waals surface area contributed by atoms with Crippen LogP contribution in [0.15, 0.2) is 24.3 Å². The molecule has 0 aliphatic rings. The fourth-order valence-electron chi connectivity index (χ4n) is 1.41. The summed E-state index contributed by atoms with van der Waals surface area (Å²) >= 11 is 0. The third-order valence-corrected chi connectivity index (χ3v) is 2.74. The molecule has 1 aromatic carbocycles. The molecule has 0 saturated carbocycles. The summed E-state index contributed by atoms with van der Waals surface area (Å²) in [4.78, 5) is 24.3. The van der Waals surface area contributed by atoms with Crippen LogP contribution in [0, 0.1) is 16.7 Å². The monoisotopic (exact) mass is 246 g/mol. The number of carboxylic acids is 1. The maximum Gasteiger partial charge on any atom is 0.318 e. The van der Waals surface area contributed by atoms with Gasteiger partial charge in [-0.1, -0.05) is 6.07 Å². The second-order valence-electron chi connectivity index (χ2n) is 4.46. The fourth-order valence-corrected chi connectivity index (χ4v) is 1.41. The van der Waals surface area contributed by atoms with Gasteiger partial charge < -0.3 is 10.0 Å². The van der Waals surface area contributed by atoms with Crippen LogP contribution in [-0.4, -0.2) is 24.0 Å². The van der Waals surface area contributed by atoms with Crippen molar-refractivity contribution < 1.29 is 14.7 Å². The molecule has 0 spiro atoms. The van der Waals surface area contributed by atoms with Gasteiger partial charge in [0.2, 0.25) is 5.91 Å². The Labute approximate surface area is 105 Å². The molecule has 0 bridgehead atoms. The van der Waals surface area contributed by atoms with Gasteiger partial charge in [-0.15, -0.1) is 0 Å². The van der Waals surface area contributed by atoms with Gasteiger partial charge in [-0.3, -0.25) is 9.59 Å². The molecule has 1 rings (SSSR count). The maximum absolute atomic E-state index is 12.1. The minimum Gasteiger partial charge on any atom is -0.480 e. The number of hydrogen-bond donors (Lipinski definition) is 1. The predicted molar refractivity (Wildman–Crippen MR) is 66.0 cm³/mol. The Kier molecular flexibility index (Phi) is 3.72. The molecule has 94 valence electrons. The number of hydrogen-bond acceptors (Lipinski definition) is 3. The van der Waals surface area contributed by atoms with E-state index in [0.717, 1.165) is 0 Å². The molecule has 0 heterocycles. The molecule has 1 amide bonds. The number of anilines is 1. The molecule has 18 heavy (non-hydrogen) atoms. The average molecular weight is 246 g/mol. The molecule has 0 unspecified atom stereocenters. The number of nitriles is 1. The van der Waals surface area contributed by atoms with Gasteiger partial charge in [-0.2, -0.15) is 5.26 Å². The third-order valence-electron chi connectivity index (χ3n) is 2.74. The summed E-state index contributed by atoms with van der Waals surface area (Å²) in [6.45, 7) is 2.70.